The van der Waals surface area contributed by atoms with Crippen molar-refractivity contribution >= 4 is 22.5 Å². The number of hydrogen-bond acceptors (Lipinski definition) is 4. The van der Waals surface area contributed by atoms with Crippen LogP contribution in [0.5, 0.6) is 11.5 Å². The molecule has 0 bridgehead atoms. The van der Waals surface area contributed by atoms with Gasteiger partial charge in [-0.05, 0) is 13.8 Å². The monoisotopic (exact) mass is 254 g/mol. The smallest absolute Gasteiger partial charge is 0.212 e. The minimum Gasteiger partial charge on any atom is -0.504 e. The minimum absolute atomic E-state index is 0.141. The average molecular weight is 255 g/mol. The maximum atomic E-state index is 11.9. The number of nitrogens with zero attached hydrogens (tertiary/aromatic N) is 2. The van der Waals surface area contributed by atoms with E-state index in [2.05, 4.69) is 5.10 Å². The standard InChI is InChI=1S/C11H11ClN2O3/c1-3-14-6-4-7(15)11(17)9(12)8(6)10(16)5(2)13-14/h4,15,17H,3H2,1-2H3. The fourth-order valence-electron chi connectivity index (χ4n) is 1.74. The Kier molecular flexibility index (Phi) is 2.71. The molecule has 1 aromatic heterocycles. The van der Waals surface area contributed by atoms with Crippen molar-refractivity contribution in [3.8, 4) is 11.5 Å². The van der Waals surface area contributed by atoms with Crippen LogP contribution in [-0.2, 0) is 6.54 Å². The summed E-state index contributed by atoms with van der Waals surface area (Å²) in [6.07, 6.45) is 0. The van der Waals surface area contributed by atoms with Gasteiger partial charge in [0, 0.05) is 12.6 Å². The summed E-state index contributed by atoms with van der Waals surface area (Å²) in [6, 6.07) is 1.29. The van der Waals surface area contributed by atoms with Crippen LogP contribution in [-0.4, -0.2) is 20.0 Å². The van der Waals surface area contributed by atoms with Crippen molar-refractivity contribution in [3.05, 3.63) is 27.0 Å². The zero-order valence-electron chi connectivity index (χ0n) is 9.36. The molecule has 0 spiro atoms. The Hall–Kier alpha value is -1.75. The molecule has 90 valence electrons. The molecular weight excluding hydrogens is 244 g/mol. The molecule has 0 saturated heterocycles. The molecule has 6 heteroatoms. The first-order chi connectivity index (χ1) is 7.97. The Labute approximate surface area is 102 Å². The molecule has 17 heavy (non-hydrogen) atoms. The highest BCUT2D eigenvalue weighted by molar-refractivity contribution is 6.37. The maximum Gasteiger partial charge on any atom is 0.212 e. The zero-order chi connectivity index (χ0) is 12.7. The number of rotatable bonds is 1. The van der Waals surface area contributed by atoms with Gasteiger partial charge in [-0.15, -0.1) is 0 Å². The SMILES string of the molecule is CCn1nc(C)c(=O)c2c(Cl)c(O)c(O)cc21. The van der Waals surface area contributed by atoms with Gasteiger partial charge >= 0.3 is 0 Å². The Morgan fingerprint density at radius 1 is 1.47 bits per heavy atom. The third-order valence-corrected chi connectivity index (χ3v) is 2.97. The number of aryl methyl sites for hydroxylation is 2. The molecule has 0 amide bonds. The number of hydrogen-bond donors (Lipinski definition) is 2. The summed E-state index contributed by atoms with van der Waals surface area (Å²) in [4.78, 5) is 11.9. The van der Waals surface area contributed by atoms with Gasteiger partial charge < -0.3 is 10.2 Å². The third-order valence-electron chi connectivity index (χ3n) is 2.60. The van der Waals surface area contributed by atoms with Gasteiger partial charge in [-0.2, -0.15) is 5.10 Å². The van der Waals surface area contributed by atoms with E-state index in [4.69, 9.17) is 11.6 Å². The van der Waals surface area contributed by atoms with Gasteiger partial charge in [-0.1, -0.05) is 11.6 Å². The lowest BCUT2D eigenvalue weighted by atomic mass is 10.1. The van der Waals surface area contributed by atoms with Crippen molar-refractivity contribution in [2.75, 3.05) is 0 Å². The third kappa shape index (κ3) is 1.63. The molecule has 0 unspecified atom stereocenters. The number of halogens is 1. The van der Waals surface area contributed by atoms with Crippen molar-refractivity contribution in [1.29, 1.82) is 0 Å². The van der Waals surface area contributed by atoms with E-state index in [1.807, 2.05) is 6.92 Å². The van der Waals surface area contributed by atoms with E-state index in [0.717, 1.165) is 0 Å². The van der Waals surface area contributed by atoms with Crippen LogP contribution < -0.4 is 5.43 Å². The summed E-state index contributed by atoms with van der Waals surface area (Å²) in [7, 11) is 0. The molecule has 0 aliphatic rings. The summed E-state index contributed by atoms with van der Waals surface area (Å²) < 4.78 is 1.55. The number of benzene rings is 1. The normalized spacial score (nSPS) is 11.0. The lowest BCUT2D eigenvalue weighted by molar-refractivity contribution is 0.404. The Morgan fingerprint density at radius 3 is 2.71 bits per heavy atom. The first-order valence-electron chi connectivity index (χ1n) is 5.09. The van der Waals surface area contributed by atoms with Crippen LogP contribution in [0.15, 0.2) is 10.9 Å². The number of fused-ring (bicyclic) bond motifs is 1. The fraction of sp³-hybridized carbons (Fsp3) is 0.273. The number of aromatic hydroxyl groups is 2. The number of aromatic nitrogens is 2. The van der Waals surface area contributed by atoms with E-state index >= 15 is 0 Å². The lowest BCUT2D eigenvalue weighted by Crippen LogP contribution is -2.16. The highest BCUT2D eigenvalue weighted by Crippen LogP contribution is 2.37. The first kappa shape index (κ1) is 11.7. The topological polar surface area (TPSA) is 75.4 Å². The largest absolute Gasteiger partial charge is 0.504 e. The average Bonchev–Trinajstić information content (AvgIpc) is 2.30. The van der Waals surface area contributed by atoms with E-state index in [1.54, 1.807) is 11.6 Å². The molecular formula is C11H11ClN2O3. The van der Waals surface area contributed by atoms with Gasteiger partial charge in [0.2, 0.25) is 5.43 Å². The Morgan fingerprint density at radius 2 is 2.12 bits per heavy atom. The second kappa shape index (κ2) is 3.92. The summed E-state index contributed by atoms with van der Waals surface area (Å²) in [5, 5.41) is 23.2. The van der Waals surface area contributed by atoms with E-state index in [0.29, 0.717) is 17.8 Å². The predicted molar refractivity (Wildman–Crippen MR) is 64.8 cm³/mol. The van der Waals surface area contributed by atoms with E-state index in [-0.39, 0.29) is 21.6 Å². The molecule has 0 aliphatic heterocycles. The van der Waals surface area contributed by atoms with Crippen LogP contribution in [0.4, 0.5) is 0 Å². The second-order valence-electron chi connectivity index (χ2n) is 3.68. The first-order valence-corrected chi connectivity index (χ1v) is 5.47. The molecule has 2 rings (SSSR count). The van der Waals surface area contributed by atoms with Crippen LogP contribution >= 0.6 is 11.6 Å². The predicted octanol–water partition coefficient (Wildman–Crippen LogP) is 1.79. The van der Waals surface area contributed by atoms with Crippen LogP contribution in [0.25, 0.3) is 10.9 Å². The summed E-state index contributed by atoms with van der Waals surface area (Å²) in [6.45, 7) is 3.96. The van der Waals surface area contributed by atoms with Gasteiger partial charge in [0.1, 0.15) is 5.69 Å². The van der Waals surface area contributed by atoms with Crippen LogP contribution in [0.1, 0.15) is 12.6 Å². The Balaban J connectivity index is 3.10. The van der Waals surface area contributed by atoms with Gasteiger partial charge in [0.15, 0.2) is 11.5 Å². The Bertz CT molecular complexity index is 664. The van der Waals surface area contributed by atoms with Gasteiger partial charge in [-0.3, -0.25) is 9.48 Å². The van der Waals surface area contributed by atoms with Crippen molar-refractivity contribution in [2.45, 2.75) is 20.4 Å². The zero-order valence-corrected chi connectivity index (χ0v) is 10.1. The highest BCUT2D eigenvalue weighted by atomic mass is 35.5. The molecule has 0 atom stereocenters. The van der Waals surface area contributed by atoms with Crippen molar-refractivity contribution in [2.24, 2.45) is 0 Å². The van der Waals surface area contributed by atoms with Crippen LogP contribution in [0.2, 0.25) is 5.02 Å². The van der Waals surface area contributed by atoms with Crippen LogP contribution in [0.3, 0.4) is 0 Å². The molecule has 1 heterocycles. The molecule has 0 fully saturated rings. The van der Waals surface area contributed by atoms with Crippen molar-refractivity contribution < 1.29 is 10.2 Å². The molecule has 0 aliphatic carbocycles. The van der Waals surface area contributed by atoms with Crippen molar-refractivity contribution in [1.82, 2.24) is 9.78 Å². The molecule has 5 nitrogen and oxygen atoms in total. The molecule has 2 aromatic rings. The van der Waals surface area contributed by atoms with Gasteiger partial charge in [0.05, 0.1) is 15.9 Å². The minimum atomic E-state index is -0.482. The van der Waals surface area contributed by atoms with Gasteiger partial charge in [-0.25, -0.2) is 0 Å². The summed E-state index contributed by atoms with van der Waals surface area (Å²) in [5.41, 5.74) is 0.361. The van der Waals surface area contributed by atoms with Gasteiger partial charge in [0.25, 0.3) is 0 Å². The molecule has 1 aromatic carbocycles. The molecule has 0 radical (unpaired) electrons. The quantitative estimate of drug-likeness (QED) is 0.761. The second-order valence-corrected chi connectivity index (χ2v) is 4.06. The number of phenols is 2. The van der Waals surface area contributed by atoms with Crippen molar-refractivity contribution in [3.63, 3.8) is 0 Å². The summed E-state index contributed by atoms with van der Waals surface area (Å²) >= 11 is 5.89. The molecule has 2 N–H and O–H groups in total. The van der Waals surface area contributed by atoms with E-state index < -0.39 is 5.75 Å². The van der Waals surface area contributed by atoms with E-state index in [9.17, 15) is 15.0 Å². The maximum absolute atomic E-state index is 11.9. The molecule has 0 saturated carbocycles. The summed E-state index contributed by atoms with van der Waals surface area (Å²) in [5.74, 6) is -0.848. The fourth-order valence-corrected chi connectivity index (χ4v) is 2.01. The van der Waals surface area contributed by atoms with Crippen LogP contribution in [0, 0.1) is 6.92 Å². The highest BCUT2D eigenvalue weighted by Gasteiger charge is 2.16. The number of phenolic OH excluding ortho intramolecular Hbond substituents is 2. The lowest BCUT2D eigenvalue weighted by Gasteiger charge is -2.11. The van der Waals surface area contributed by atoms with E-state index in [1.165, 1.54) is 6.07 Å².